The van der Waals surface area contributed by atoms with Gasteiger partial charge in [0.15, 0.2) is 0 Å². The highest BCUT2D eigenvalue weighted by atomic mass is 35.5. The van der Waals surface area contributed by atoms with Gasteiger partial charge >= 0.3 is 0 Å². The highest BCUT2D eigenvalue weighted by molar-refractivity contribution is 6.18. The van der Waals surface area contributed by atoms with E-state index in [9.17, 15) is 0 Å². The van der Waals surface area contributed by atoms with Crippen molar-refractivity contribution < 1.29 is 9.47 Å². The van der Waals surface area contributed by atoms with Gasteiger partial charge in [0.25, 0.3) is 0 Å². The smallest absolute Gasteiger partial charge is 0.124 e. The molecule has 0 aliphatic rings. The third-order valence-electron chi connectivity index (χ3n) is 2.68. The Morgan fingerprint density at radius 3 is 2.65 bits per heavy atom. The summed E-state index contributed by atoms with van der Waals surface area (Å²) in [6, 6.07) is 12.2. The molecule has 0 fully saturated rings. The van der Waals surface area contributed by atoms with Gasteiger partial charge in [-0.15, -0.1) is 11.6 Å². The van der Waals surface area contributed by atoms with E-state index in [0.717, 1.165) is 16.7 Å². The Morgan fingerprint density at radius 1 is 1.06 bits per heavy atom. The maximum Gasteiger partial charge on any atom is 0.124 e. The van der Waals surface area contributed by atoms with E-state index in [0.29, 0.717) is 19.1 Å². The van der Waals surface area contributed by atoms with Crippen LogP contribution < -0.4 is 4.74 Å². The largest absolute Gasteiger partial charge is 0.491 e. The van der Waals surface area contributed by atoms with Gasteiger partial charge in [-0.3, -0.25) is 0 Å². The summed E-state index contributed by atoms with van der Waals surface area (Å²) in [4.78, 5) is 0. The van der Waals surface area contributed by atoms with Crippen molar-refractivity contribution in [2.75, 3.05) is 20.3 Å². The summed E-state index contributed by atoms with van der Waals surface area (Å²) < 4.78 is 10.6. The molecular formula is C14H15ClO2. The SMILES string of the molecule is COCCOc1ccc2ccccc2c1CCl. The first-order chi connectivity index (χ1) is 8.36. The molecule has 3 heteroatoms. The molecule has 2 aromatic rings. The second kappa shape index (κ2) is 5.89. The molecule has 2 rings (SSSR count). The summed E-state index contributed by atoms with van der Waals surface area (Å²) >= 11 is 6.01. The van der Waals surface area contributed by atoms with Crippen molar-refractivity contribution in [3.05, 3.63) is 42.0 Å². The summed E-state index contributed by atoms with van der Waals surface area (Å²) in [5.74, 6) is 1.29. The molecule has 0 saturated carbocycles. The van der Waals surface area contributed by atoms with Crippen LogP contribution in [0.4, 0.5) is 0 Å². The van der Waals surface area contributed by atoms with E-state index in [1.54, 1.807) is 7.11 Å². The number of rotatable bonds is 5. The lowest BCUT2D eigenvalue weighted by atomic mass is 10.0. The van der Waals surface area contributed by atoms with Crippen LogP contribution in [0.5, 0.6) is 5.75 Å². The van der Waals surface area contributed by atoms with Crippen LogP contribution in [0, 0.1) is 0 Å². The Hall–Kier alpha value is -1.25. The Kier molecular flexibility index (Phi) is 4.24. The van der Waals surface area contributed by atoms with Gasteiger partial charge in [-0.2, -0.15) is 0 Å². The molecule has 2 nitrogen and oxygen atoms in total. The zero-order valence-corrected chi connectivity index (χ0v) is 10.5. The van der Waals surface area contributed by atoms with Crippen molar-refractivity contribution in [3.8, 4) is 5.75 Å². The molecule has 0 radical (unpaired) electrons. The molecule has 0 saturated heterocycles. The lowest BCUT2D eigenvalue weighted by Gasteiger charge is -2.12. The standard InChI is InChI=1S/C14H15ClO2/c1-16-8-9-17-14-7-6-11-4-2-3-5-12(11)13(14)10-15/h2-7H,8-10H2,1H3. The molecule has 0 aliphatic carbocycles. The summed E-state index contributed by atoms with van der Waals surface area (Å²) in [5, 5.41) is 2.33. The highest BCUT2D eigenvalue weighted by Gasteiger charge is 2.07. The van der Waals surface area contributed by atoms with Crippen molar-refractivity contribution >= 4 is 22.4 Å². The maximum atomic E-state index is 6.01. The molecule has 0 aromatic heterocycles. The van der Waals surface area contributed by atoms with Crippen LogP contribution >= 0.6 is 11.6 Å². The summed E-state index contributed by atoms with van der Waals surface area (Å²) in [7, 11) is 1.66. The van der Waals surface area contributed by atoms with Crippen molar-refractivity contribution in [2.45, 2.75) is 5.88 Å². The first-order valence-corrected chi connectivity index (χ1v) is 6.08. The third-order valence-corrected chi connectivity index (χ3v) is 2.94. The molecule has 0 amide bonds. The zero-order valence-electron chi connectivity index (χ0n) is 9.78. The summed E-state index contributed by atoms with van der Waals surface area (Å²) in [6.45, 7) is 1.12. The fourth-order valence-electron chi connectivity index (χ4n) is 1.82. The second-order valence-electron chi connectivity index (χ2n) is 3.74. The number of benzene rings is 2. The van der Waals surface area contributed by atoms with Gasteiger partial charge in [0.05, 0.1) is 12.5 Å². The van der Waals surface area contributed by atoms with Gasteiger partial charge < -0.3 is 9.47 Å². The van der Waals surface area contributed by atoms with Gasteiger partial charge in [-0.05, 0) is 16.8 Å². The van der Waals surface area contributed by atoms with Crippen LogP contribution in [0.1, 0.15) is 5.56 Å². The molecule has 0 atom stereocenters. The molecule has 90 valence electrons. The first-order valence-electron chi connectivity index (χ1n) is 5.55. The Bertz CT molecular complexity index is 497. The molecule has 0 N–H and O–H groups in total. The monoisotopic (exact) mass is 250 g/mol. The molecule has 0 unspecified atom stereocenters. The van der Waals surface area contributed by atoms with E-state index >= 15 is 0 Å². The molecule has 0 aliphatic heterocycles. The van der Waals surface area contributed by atoms with Gasteiger partial charge in [0.1, 0.15) is 12.4 Å². The van der Waals surface area contributed by atoms with E-state index in [4.69, 9.17) is 21.1 Å². The number of fused-ring (bicyclic) bond motifs is 1. The second-order valence-corrected chi connectivity index (χ2v) is 4.01. The van der Waals surface area contributed by atoms with Crippen LogP contribution in [0.15, 0.2) is 36.4 Å². The first kappa shape index (κ1) is 12.2. The number of hydrogen-bond donors (Lipinski definition) is 0. The number of halogens is 1. The Morgan fingerprint density at radius 2 is 1.88 bits per heavy atom. The summed E-state index contributed by atoms with van der Waals surface area (Å²) in [6.07, 6.45) is 0. The van der Waals surface area contributed by atoms with E-state index in [-0.39, 0.29) is 0 Å². The number of hydrogen-bond acceptors (Lipinski definition) is 2. The topological polar surface area (TPSA) is 18.5 Å². The van der Waals surface area contributed by atoms with Crippen LogP contribution in [0.2, 0.25) is 0 Å². The van der Waals surface area contributed by atoms with E-state index in [1.165, 1.54) is 5.39 Å². The predicted molar refractivity (Wildman–Crippen MR) is 70.9 cm³/mol. The van der Waals surface area contributed by atoms with Crippen LogP contribution in [0.3, 0.4) is 0 Å². The maximum absolute atomic E-state index is 6.01. The van der Waals surface area contributed by atoms with Crippen LogP contribution in [0.25, 0.3) is 10.8 Å². The number of alkyl halides is 1. The normalized spacial score (nSPS) is 10.7. The van der Waals surface area contributed by atoms with Crippen molar-refractivity contribution in [1.29, 1.82) is 0 Å². The lowest BCUT2D eigenvalue weighted by Crippen LogP contribution is -2.05. The molecular weight excluding hydrogens is 236 g/mol. The summed E-state index contributed by atoms with van der Waals surface area (Å²) in [5.41, 5.74) is 1.04. The van der Waals surface area contributed by atoms with Crippen molar-refractivity contribution in [3.63, 3.8) is 0 Å². The fraction of sp³-hybridized carbons (Fsp3) is 0.286. The zero-order chi connectivity index (χ0) is 12.1. The van der Waals surface area contributed by atoms with Crippen LogP contribution in [-0.2, 0) is 10.6 Å². The van der Waals surface area contributed by atoms with Crippen LogP contribution in [-0.4, -0.2) is 20.3 Å². The molecule has 0 bridgehead atoms. The average Bonchev–Trinajstić information content (AvgIpc) is 2.38. The van der Waals surface area contributed by atoms with Gasteiger partial charge in [0, 0.05) is 12.7 Å². The molecule has 2 aromatic carbocycles. The van der Waals surface area contributed by atoms with E-state index in [2.05, 4.69) is 12.1 Å². The average molecular weight is 251 g/mol. The van der Waals surface area contributed by atoms with E-state index < -0.39 is 0 Å². The van der Waals surface area contributed by atoms with Gasteiger partial charge in [0.2, 0.25) is 0 Å². The van der Waals surface area contributed by atoms with E-state index in [1.807, 2.05) is 24.3 Å². The van der Waals surface area contributed by atoms with Crippen molar-refractivity contribution in [1.82, 2.24) is 0 Å². The van der Waals surface area contributed by atoms with Crippen molar-refractivity contribution in [2.24, 2.45) is 0 Å². The quantitative estimate of drug-likeness (QED) is 0.596. The fourth-order valence-corrected chi connectivity index (χ4v) is 2.10. The number of methoxy groups -OCH3 is 1. The third kappa shape index (κ3) is 2.71. The highest BCUT2D eigenvalue weighted by Crippen LogP contribution is 2.29. The Balaban J connectivity index is 2.35. The molecule has 17 heavy (non-hydrogen) atoms. The Labute approximate surface area is 106 Å². The predicted octanol–water partition coefficient (Wildman–Crippen LogP) is 3.60. The lowest BCUT2D eigenvalue weighted by molar-refractivity contribution is 0.146. The minimum atomic E-state index is 0.448. The minimum absolute atomic E-state index is 0.448. The molecule has 0 spiro atoms. The minimum Gasteiger partial charge on any atom is -0.491 e. The van der Waals surface area contributed by atoms with Gasteiger partial charge in [-0.1, -0.05) is 30.3 Å². The number of ether oxygens (including phenoxy) is 2. The van der Waals surface area contributed by atoms with Gasteiger partial charge in [-0.25, -0.2) is 0 Å². The molecule has 0 heterocycles.